The molecule has 2 saturated heterocycles. The van der Waals surface area contributed by atoms with Crippen molar-refractivity contribution >= 4 is 11.5 Å². The summed E-state index contributed by atoms with van der Waals surface area (Å²) in [5, 5.41) is 0. The van der Waals surface area contributed by atoms with E-state index in [9.17, 15) is 0 Å². The van der Waals surface area contributed by atoms with Crippen LogP contribution in [0.2, 0.25) is 0 Å². The number of anilines is 2. The Morgan fingerprint density at radius 2 is 1.61 bits per heavy atom. The summed E-state index contributed by atoms with van der Waals surface area (Å²) >= 11 is 0. The molecular formula is C23H48N4O. The molecule has 2 atom stereocenters. The van der Waals surface area contributed by atoms with Gasteiger partial charge in [-0.2, -0.15) is 0 Å². The van der Waals surface area contributed by atoms with Gasteiger partial charge in [-0.25, -0.2) is 4.98 Å². The number of ether oxygens (including phenoxy) is 1. The maximum atomic E-state index is 5.57. The first-order valence-corrected chi connectivity index (χ1v) is 10.4. The zero-order chi connectivity index (χ0) is 21.2. The van der Waals surface area contributed by atoms with Crippen LogP contribution in [0.4, 0.5) is 11.5 Å². The number of hydrogen-bond acceptors (Lipinski definition) is 5. The third kappa shape index (κ3) is 12.6. The summed E-state index contributed by atoms with van der Waals surface area (Å²) in [4.78, 5) is 6.50. The van der Waals surface area contributed by atoms with Crippen molar-refractivity contribution in [3.8, 4) is 0 Å². The zero-order valence-corrected chi connectivity index (χ0v) is 18.7. The van der Waals surface area contributed by atoms with Crippen LogP contribution >= 0.6 is 0 Å². The van der Waals surface area contributed by atoms with Gasteiger partial charge in [-0.1, -0.05) is 68.9 Å². The highest BCUT2D eigenvalue weighted by Crippen LogP contribution is 2.32. The molecule has 5 nitrogen and oxygen atoms in total. The molecule has 0 amide bonds. The molecule has 3 heterocycles. The number of nitrogens with zero attached hydrogens (tertiary/aromatic N) is 2. The summed E-state index contributed by atoms with van der Waals surface area (Å²) in [6.45, 7) is 21.8. The van der Waals surface area contributed by atoms with Crippen molar-refractivity contribution in [1.82, 2.24) is 4.98 Å². The number of hydrogen-bond donors (Lipinski definition) is 2. The summed E-state index contributed by atoms with van der Waals surface area (Å²) in [7, 11) is 0. The van der Waals surface area contributed by atoms with Crippen LogP contribution in [0, 0.1) is 17.8 Å². The summed E-state index contributed by atoms with van der Waals surface area (Å²) in [6, 6.07) is 3.91. The third-order valence-electron chi connectivity index (χ3n) is 4.19. The van der Waals surface area contributed by atoms with E-state index >= 15 is 0 Å². The van der Waals surface area contributed by atoms with Crippen molar-refractivity contribution < 1.29 is 4.74 Å². The fraction of sp³-hybridized carbons (Fsp3) is 0.696. The molecule has 1 aromatic rings. The monoisotopic (exact) mass is 396 g/mol. The van der Waals surface area contributed by atoms with Gasteiger partial charge < -0.3 is 21.1 Å². The Balaban J connectivity index is -0.000000410. The minimum absolute atomic E-state index is 0. The minimum atomic E-state index is 0. The smallest absolute Gasteiger partial charge is 0.123 e. The van der Waals surface area contributed by atoms with E-state index in [4.69, 9.17) is 10.5 Å². The number of rotatable bonds is 2. The van der Waals surface area contributed by atoms with Gasteiger partial charge in [-0.15, -0.1) is 0 Å². The number of nitrogens with two attached hydrogens (primary N) is 2. The van der Waals surface area contributed by atoms with Crippen LogP contribution in [-0.2, 0) is 4.74 Å². The maximum Gasteiger partial charge on any atom is 0.123 e. The number of pyridine rings is 1. The van der Waals surface area contributed by atoms with Crippen LogP contribution in [0.25, 0.3) is 0 Å². The van der Waals surface area contributed by atoms with E-state index in [1.165, 1.54) is 18.3 Å². The van der Waals surface area contributed by atoms with Gasteiger partial charge in [0.2, 0.25) is 0 Å². The first kappa shape index (κ1) is 31.0. The fourth-order valence-electron chi connectivity index (χ4n) is 2.48. The first-order valence-electron chi connectivity index (χ1n) is 10.4. The molecular weight excluding hydrogens is 348 g/mol. The van der Waals surface area contributed by atoms with Gasteiger partial charge in [-0.3, -0.25) is 0 Å². The van der Waals surface area contributed by atoms with E-state index in [2.05, 4.69) is 43.0 Å². The van der Waals surface area contributed by atoms with E-state index in [1.807, 2.05) is 46.0 Å². The van der Waals surface area contributed by atoms with E-state index < -0.39 is 0 Å². The second kappa shape index (κ2) is 20.0. The molecule has 0 spiro atoms. The maximum absolute atomic E-state index is 5.57. The lowest BCUT2D eigenvalue weighted by Crippen LogP contribution is -2.22. The molecule has 0 saturated carbocycles. The molecule has 2 fully saturated rings. The Hall–Kier alpha value is -1.75. The van der Waals surface area contributed by atoms with Gasteiger partial charge in [0, 0.05) is 24.9 Å². The standard InChI is InChI=1S/C11H15N3O.C5H12.C2H5N.2C2H6.CH4/c12-11-2-1-10(3-13-11)14-4-8-6-15-7-9(8)5-14;1-4-5(2)3;1-2-3;2*1-2;/h1-3,8-9H,4-7H2,(H2,12,13);5H,4H2,1-3H3;2H,1,3H2;2*1-2H3;1H4. The van der Waals surface area contributed by atoms with E-state index in [1.54, 1.807) is 0 Å². The van der Waals surface area contributed by atoms with E-state index in [-0.39, 0.29) is 7.43 Å². The number of nitrogen functional groups attached to an aromatic ring is 1. The van der Waals surface area contributed by atoms with Crippen molar-refractivity contribution in [3.63, 3.8) is 0 Å². The first-order chi connectivity index (χ1) is 13.0. The molecule has 1 aromatic heterocycles. The Labute approximate surface area is 175 Å². The van der Waals surface area contributed by atoms with Gasteiger partial charge in [0.1, 0.15) is 5.82 Å². The van der Waals surface area contributed by atoms with Crippen LogP contribution in [-0.4, -0.2) is 31.3 Å². The van der Waals surface area contributed by atoms with E-state index in [0.29, 0.717) is 17.7 Å². The lowest BCUT2D eigenvalue weighted by molar-refractivity contribution is 0.177. The van der Waals surface area contributed by atoms with Crippen molar-refractivity contribution in [2.75, 3.05) is 36.9 Å². The fourth-order valence-corrected chi connectivity index (χ4v) is 2.48. The van der Waals surface area contributed by atoms with Crippen molar-refractivity contribution in [2.24, 2.45) is 23.5 Å². The van der Waals surface area contributed by atoms with E-state index in [0.717, 1.165) is 32.2 Å². The van der Waals surface area contributed by atoms with Crippen molar-refractivity contribution in [1.29, 1.82) is 0 Å². The quantitative estimate of drug-likeness (QED) is 0.682. The van der Waals surface area contributed by atoms with Crippen molar-refractivity contribution in [3.05, 3.63) is 31.1 Å². The molecule has 166 valence electrons. The van der Waals surface area contributed by atoms with Crippen LogP contribution in [0.5, 0.6) is 0 Å². The Morgan fingerprint density at radius 3 is 1.93 bits per heavy atom. The lowest BCUT2D eigenvalue weighted by atomic mass is 10.0. The molecule has 2 aliphatic heterocycles. The summed E-state index contributed by atoms with van der Waals surface area (Å²) in [5.74, 6) is 2.89. The van der Waals surface area contributed by atoms with Gasteiger partial charge in [0.25, 0.3) is 0 Å². The SMILES string of the molecule is C.C=CN.CC.CC.CCC(C)C.Nc1ccc(N2CC3COCC3C2)cn1. The molecule has 0 aromatic carbocycles. The van der Waals surface area contributed by atoms with Crippen molar-refractivity contribution in [2.45, 2.75) is 62.3 Å². The molecule has 0 bridgehead atoms. The predicted molar refractivity (Wildman–Crippen MR) is 128 cm³/mol. The molecule has 28 heavy (non-hydrogen) atoms. The number of fused-ring (bicyclic) bond motifs is 1. The van der Waals surface area contributed by atoms with Crippen LogP contribution in [0.15, 0.2) is 31.1 Å². The Morgan fingerprint density at radius 1 is 1.18 bits per heavy atom. The summed E-state index contributed by atoms with van der Waals surface area (Å²) < 4.78 is 5.45. The zero-order valence-electron chi connectivity index (χ0n) is 18.7. The number of aromatic nitrogens is 1. The van der Waals surface area contributed by atoms with Gasteiger partial charge >= 0.3 is 0 Å². The second-order valence-electron chi connectivity index (χ2n) is 6.44. The minimum Gasteiger partial charge on any atom is -0.405 e. The van der Waals surface area contributed by atoms with Crippen LogP contribution < -0.4 is 16.4 Å². The van der Waals surface area contributed by atoms with Gasteiger partial charge in [-0.05, 0) is 24.3 Å². The Bertz CT molecular complexity index is 436. The van der Waals surface area contributed by atoms with Crippen LogP contribution in [0.3, 0.4) is 0 Å². The molecule has 5 heteroatoms. The average Bonchev–Trinajstić information content (AvgIpc) is 3.29. The van der Waals surface area contributed by atoms with Crippen LogP contribution in [0.1, 0.15) is 62.3 Å². The molecule has 4 N–H and O–H groups in total. The molecule has 2 unspecified atom stereocenters. The summed E-state index contributed by atoms with van der Waals surface area (Å²) in [6.07, 6.45) is 4.41. The third-order valence-corrected chi connectivity index (χ3v) is 4.19. The summed E-state index contributed by atoms with van der Waals surface area (Å²) in [5.41, 5.74) is 11.4. The van der Waals surface area contributed by atoms with Gasteiger partial charge in [0.05, 0.1) is 25.1 Å². The molecule has 3 rings (SSSR count). The topological polar surface area (TPSA) is 77.4 Å². The highest BCUT2D eigenvalue weighted by atomic mass is 16.5. The normalized spacial score (nSPS) is 18.4. The molecule has 0 radical (unpaired) electrons. The lowest BCUT2D eigenvalue weighted by Gasteiger charge is -2.19. The predicted octanol–water partition coefficient (Wildman–Crippen LogP) is 5.58. The Kier molecular flexibility index (Phi) is 22.1. The molecule has 2 aliphatic rings. The molecule has 0 aliphatic carbocycles. The highest BCUT2D eigenvalue weighted by molar-refractivity contribution is 5.49. The average molecular weight is 397 g/mol. The largest absolute Gasteiger partial charge is 0.405 e. The highest BCUT2D eigenvalue weighted by Gasteiger charge is 2.37. The second-order valence-corrected chi connectivity index (χ2v) is 6.44. The van der Waals surface area contributed by atoms with Gasteiger partial charge in [0.15, 0.2) is 0 Å².